The molecule has 15 heavy (non-hydrogen) atoms. The second-order valence-electron chi connectivity index (χ2n) is 7.29. The molecule has 0 amide bonds. The van der Waals surface area contributed by atoms with Crippen LogP contribution in [0.1, 0.15) is 66.7 Å². The average molecular weight is 208 g/mol. The highest BCUT2D eigenvalue weighted by Crippen LogP contribution is 2.61. The molecule has 0 aromatic carbocycles. The van der Waals surface area contributed by atoms with Gasteiger partial charge in [0.1, 0.15) is 0 Å². The molecule has 2 fully saturated rings. The first-order valence-corrected chi connectivity index (χ1v) is 6.89. The summed E-state index contributed by atoms with van der Waals surface area (Å²) in [5.41, 5.74) is 1.30. The van der Waals surface area contributed by atoms with Crippen LogP contribution in [0, 0.1) is 28.6 Å². The molecule has 2 aliphatic carbocycles. The van der Waals surface area contributed by atoms with Crippen molar-refractivity contribution in [2.24, 2.45) is 28.6 Å². The summed E-state index contributed by atoms with van der Waals surface area (Å²) < 4.78 is 0. The Morgan fingerprint density at radius 3 is 2.20 bits per heavy atom. The van der Waals surface area contributed by atoms with E-state index in [-0.39, 0.29) is 0 Å². The first-order valence-electron chi connectivity index (χ1n) is 6.89. The van der Waals surface area contributed by atoms with Gasteiger partial charge in [-0.2, -0.15) is 0 Å². The summed E-state index contributed by atoms with van der Waals surface area (Å²) in [7, 11) is 0. The van der Waals surface area contributed by atoms with Crippen molar-refractivity contribution in [3.8, 4) is 0 Å². The maximum Gasteiger partial charge on any atom is -0.0295 e. The minimum absolute atomic E-state index is 0.644. The number of rotatable bonds is 2. The Kier molecular flexibility index (Phi) is 2.68. The van der Waals surface area contributed by atoms with Crippen LogP contribution < -0.4 is 0 Å². The SMILES string of the molecule is CCC1(C)CC(C)CC1C1CCC1(C)C. The Balaban J connectivity index is 2.14. The monoisotopic (exact) mass is 208 g/mol. The fraction of sp³-hybridized carbons (Fsp3) is 1.00. The van der Waals surface area contributed by atoms with Crippen LogP contribution in [0.25, 0.3) is 0 Å². The van der Waals surface area contributed by atoms with E-state index in [4.69, 9.17) is 0 Å². The molecule has 88 valence electrons. The van der Waals surface area contributed by atoms with E-state index in [1.165, 1.54) is 32.1 Å². The summed E-state index contributed by atoms with van der Waals surface area (Å²) in [6.07, 6.45) is 7.32. The summed E-state index contributed by atoms with van der Waals surface area (Å²) in [5.74, 6) is 3.00. The standard InChI is InChI=1S/C15H28/c1-6-15(5)10-11(2)9-13(15)12-7-8-14(12,3)4/h11-13H,6-10H2,1-5H3. The largest absolute Gasteiger partial charge is 0.0649 e. The van der Waals surface area contributed by atoms with Crippen LogP contribution in [0.4, 0.5) is 0 Å². The Hall–Kier alpha value is 0. The molecule has 0 aliphatic heterocycles. The van der Waals surface area contributed by atoms with Crippen molar-refractivity contribution in [3.63, 3.8) is 0 Å². The lowest BCUT2D eigenvalue weighted by atomic mass is 9.53. The molecule has 0 spiro atoms. The van der Waals surface area contributed by atoms with Crippen molar-refractivity contribution in [2.75, 3.05) is 0 Å². The molecule has 0 saturated heterocycles. The van der Waals surface area contributed by atoms with E-state index in [9.17, 15) is 0 Å². The van der Waals surface area contributed by atoms with Gasteiger partial charge in [0.25, 0.3) is 0 Å². The smallest absolute Gasteiger partial charge is 0.0295 e. The molecule has 2 saturated carbocycles. The third-order valence-electron chi connectivity index (χ3n) is 5.76. The van der Waals surface area contributed by atoms with Crippen molar-refractivity contribution in [1.29, 1.82) is 0 Å². The van der Waals surface area contributed by atoms with Gasteiger partial charge in [0, 0.05) is 0 Å². The Labute approximate surface area is 95.8 Å². The van der Waals surface area contributed by atoms with Crippen molar-refractivity contribution >= 4 is 0 Å². The Morgan fingerprint density at radius 1 is 1.13 bits per heavy atom. The van der Waals surface area contributed by atoms with Crippen molar-refractivity contribution in [2.45, 2.75) is 66.7 Å². The van der Waals surface area contributed by atoms with Crippen molar-refractivity contribution in [3.05, 3.63) is 0 Å². The zero-order chi connectivity index (χ0) is 11.3. The maximum atomic E-state index is 2.55. The second-order valence-corrected chi connectivity index (χ2v) is 7.29. The van der Waals surface area contributed by atoms with E-state index >= 15 is 0 Å². The molecule has 4 atom stereocenters. The fourth-order valence-corrected chi connectivity index (χ4v) is 4.44. The normalized spacial score (nSPS) is 49.0. The third-order valence-corrected chi connectivity index (χ3v) is 5.76. The summed E-state index contributed by atoms with van der Waals surface area (Å²) in [6.45, 7) is 12.4. The number of hydrogen-bond donors (Lipinski definition) is 0. The van der Waals surface area contributed by atoms with Gasteiger partial charge in [-0.15, -0.1) is 0 Å². The zero-order valence-corrected chi connectivity index (χ0v) is 11.3. The number of hydrogen-bond acceptors (Lipinski definition) is 0. The molecule has 0 aromatic rings. The predicted octanol–water partition coefficient (Wildman–Crippen LogP) is 4.89. The van der Waals surface area contributed by atoms with E-state index in [1.807, 2.05) is 0 Å². The quantitative estimate of drug-likeness (QED) is 0.606. The molecule has 0 nitrogen and oxygen atoms in total. The van der Waals surface area contributed by atoms with Crippen LogP contribution in [-0.2, 0) is 0 Å². The molecule has 2 rings (SSSR count). The summed E-state index contributed by atoms with van der Waals surface area (Å²) >= 11 is 0. The van der Waals surface area contributed by atoms with Gasteiger partial charge < -0.3 is 0 Å². The van der Waals surface area contributed by atoms with Gasteiger partial charge in [0.15, 0.2) is 0 Å². The molecular formula is C15H28. The molecule has 2 aliphatic rings. The van der Waals surface area contributed by atoms with Gasteiger partial charge in [-0.1, -0.05) is 41.0 Å². The van der Waals surface area contributed by atoms with Gasteiger partial charge in [-0.25, -0.2) is 0 Å². The van der Waals surface area contributed by atoms with Gasteiger partial charge in [-0.05, 0) is 54.3 Å². The van der Waals surface area contributed by atoms with Crippen LogP contribution in [-0.4, -0.2) is 0 Å². The summed E-state index contributed by atoms with van der Waals surface area (Å²) in [6, 6.07) is 0. The van der Waals surface area contributed by atoms with Gasteiger partial charge in [-0.3, -0.25) is 0 Å². The fourth-order valence-electron chi connectivity index (χ4n) is 4.44. The molecule has 0 radical (unpaired) electrons. The van der Waals surface area contributed by atoms with Gasteiger partial charge >= 0.3 is 0 Å². The molecule has 0 heterocycles. The van der Waals surface area contributed by atoms with E-state index in [0.29, 0.717) is 10.8 Å². The van der Waals surface area contributed by atoms with Crippen LogP contribution in [0.5, 0.6) is 0 Å². The molecule has 4 unspecified atom stereocenters. The van der Waals surface area contributed by atoms with E-state index < -0.39 is 0 Å². The van der Waals surface area contributed by atoms with Crippen molar-refractivity contribution in [1.82, 2.24) is 0 Å². The first kappa shape index (κ1) is 11.5. The van der Waals surface area contributed by atoms with Crippen LogP contribution in [0.3, 0.4) is 0 Å². The highest BCUT2D eigenvalue weighted by Gasteiger charge is 2.52. The highest BCUT2D eigenvalue weighted by atomic mass is 14.6. The Bertz CT molecular complexity index is 240. The summed E-state index contributed by atoms with van der Waals surface area (Å²) in [5, 5.41) is 0. The molecule has 0 heteroatoms. The molecular weight excluding hydrogens is 180 g/mol. The van der Waals surface area contributed by atoms with Crippen molar-refractivity contribution < 1.29 is 0 Å². The highest BCUT2D eigenvalue weighted by molar-refractivity contribution is 5.01. The van der Waals surface area contributed by atoms with Gasteiger partial charge in [0.05, 0.1) is 0 Å². The topological polar surface area (TPSA) is 0 Å². The predicted molar refractivity (Wildman–Crippen MR) is 66.8 cm³/mol. The third kappa shape index (κ3) is 1.74. The lowest BCUT2D eigenvalue weighted by Gasteiger charge is -2.52. The van der Waals surface area contributed by atoms with E-state index in [2.05, 4.69) is 34.6 Å². The minimum Gasteiger partial charge on any atom is -0.0649 e. The van der Waals surface area contributed by atoms with E-state index in [0.717, 1.165) is 17.8 Å². The zero-order valence-electron chi connectivity index (χ0n) is 11.3. The molecule has 0 N–H and O–H groups in total. The molecule has 0 aromatic heterocycles. The van der Waals surface area contributed by atoms with Gasteiger partial charge in [0.2, 0.25) is 0 Å². The van der Waals surface area contributed by atoms with Crippen LogP contribution in [0.15, 0.2) is 0 Å². The van der Waals surface area contributed by atoms with Crippen LogP contribution in [0.2, 0.25) is 0 Å². The van der Waals surface area contributed by atoms with E-state index in [1.54, 1.807) is 0 Å². The minimum atomic E-state index is 0.644. The second kappa shape index (κ2) is 3.50. The Morgan fingerprint density at radius 2 is 1.80 bits per heavy atom. The maximum absolute atomic E-state index is 2.55. The summed E-state index contributed by atoms with van der Waals surface area (Å²) in [4.78, 5) is 0. The molecule has 0 bridgehead atoms. The van der Waals surface area contributed by atoms with Crippen LogP contribution >= 0.6 is 0 Å². The first-order chi connectivity index (χ1) is 6.89. The average Bonchev–Trinajstić information content (AvgIpc) is 2.41. The lowest BCUT2D eigenvalue weighted by molar-refractivity contribution is -0.0238. The lowest BCUT2D eigenvalue weighted by Crippen LogP contribution is -2.43.